The molecule has 10 heteroatoms. The third kappa shape index (κ3) is 3.90. The maximum atomic E-state index is 12.5. The Morgan fingerprint density at radius 2 is 1.62 bits per heavy atom. The van der Waals surface area contributed by atoms with Crippen molar-refractivity contribution in [3.05, 3.63) is 42.2 Å². The van der Waals surface area contributed by atoms with Crippen LogP contribution in [0.3, 0.4) is 0 Å². The van der Waals surface area contributed by atoms with Gasteiger partial charge in [0, 0.05) is 32.7 Å². The summed E-state index contributed by atoms with van der Waals surface area (Å²) in [5.74, 6) is 0.233. The van der Waals surface area contributed by atoms with E-state index in [-0.39, 0.29) is 22.8 Å². The summed E-state index contributed by atoms with van der Waals surface area (Å²) in [6.45, 7) is 4.35. The average molecular weight is 417 g/mol. The molecule has 9 nitrogen and oxygen atoms in total. The number of hydrogen-bond donors (Lipinski definition) is 1. The third-order valence-electron chi connectivity index (χ3n) is 5.28. The fourth-order valence-electron chi connectivity index (χ4n) is 3.69. The quantitative estimate of drug-likeness (QED) is 0.692. The van der Waals surface area contributed by atoms with Crippen molar-refractivity contribution in [2.75, 3.05) is 44.2 Å². The minimum Gasteiger partial charge on any atom is -0.505 e. The van der Waals surface area contributed by atoms with Crippen LogP contribution >= 0.6 is 0 Å². The van der Waals surface area contributed by atoms with E-state index in [0.717, 1.165) is 43.4 Å². The monoisotopic (exact) mass is 417 g/mol. The summed E-state index contributed by atoms with van der Waals surface area (Å²) in [5.41, 5.74) is 0.264. The lowest BCUT2D eigenvalue weighted by Crippen LogP contribution is -2.47. The van der Waals surface area contributed by atoms with Gasteiger partial charge in [0.2, 0.25) is 5.95 Å². The zero-order chi connectivity index (χ0) is 20.4. The van der Waals surface area contributed by atoms with Crippen LogP contribution < -0.4 is 4.90 Å². The maximum Gasteiger partial charge on any atom is 0.269 e. The number of aromatic hydroxyl groups is 1. The molecular formula is C19H23N5O4S. The summed E-state index contributed by atoms with van der Waals surface area (Å²) in [6.07, 6.45) is 4.22. The summed E-state index contributed by atoms with van der Waals surface area (Å²) in [5, 5.41) is 9.28. The van der Waals surface area contributed by atoms with Gasteiger partial charge in [-0.15, -0.1) is 0 Å². The van der Waals surface area contributed by atoms with Crippen LogP contribution in [0.4, 0.5) is 5.95 Å². The first-order chi connectivity index (χ1) is 14.0. The number of piperazine rings is 1. The summed E-state index contributed by atoms with van der Waals surface area (Å²) in [4.78, 5) is 25.2. The van der Waals surface area contributed by atoms with E-state index in [2.05, 4.69) is 19.8 Å². The Balaban J connectivity index is 1.23. The topological polar surface area (TPSA) is 107 Å². The van der Waals surface area contributed by atoms with E-state index in [1.165, 1.54) is 18.5 Å². The molecule has 0 saturated carbocycles. The Bertz CT molecular complexity index is 988. The van der Waals surface area contributed by atoms with Gasteiger partial charge < -0.3 is 10.0 Å². The van der Waals surface area contributed by atoms with Crippen LogP contribution in [0.15, 0.2) is 41.6 Å². The number of carbonyl (C=O) groups is 1. The predicted molar refractivity (Wildman–Crippen MR) is 106 cm³/mol. The van der Waals surface area contributed by atoms with Crippen molar-refractivity contribution in [3.63, 3.8) is 0 Å². The molecule has 1 saturated heterocycles. The first-order valence-corrected chi connectivity index (χ1v) is 11.1. The largest absolute Gasteiger partial charge is 0.505 e. The maximum absolute atomic E-state index is 12.5. The zero-order valence-corrected chi connectivity index (χ0v) is 16.8. The van der Waals surface area contributed by atoms with Crippen molar-refractivity contribution in [2.24, 2.45) is 0 Å². The lowest BCUT2D eigenvalue weighted by atomic mass is 10.2. The van der Waals surface area contributed by atoms with Gasteiger partial charge in [-0.3, -0.25) is 9.69 Å². The molecule has 3 heterocycles. The molecule has 0 atom stereocenters. The highest BCUT2D eigenvalue weighted by Crippen LogP contribution is 2.30. The van der Waals surface area contributed by atoms with Gasteiger partial charge in [-0.2, -0.15) is 0 Å². The number of unbranched alkanes of at least 4 members (excludes halogenated alkanes) is 1. The van der Waals surface area contributed by atoms with Crippen LogP contribution in [-0.4, -0.2) is 77.9 Å². The van der Waals surface area contributed by atoms with Gasteiger partial charge in [0.05, 0.1) is 18.0 Å². The van der Waals surface area contributed by atoms with Gasteiger partial charge in [0.1, 0.15) is 4.90 Å². The molecule has 1 fully saturated rings. The third-order valence-corrected chi connectivity index (χ3v) is 7.12. The van der Waals surface area contributed by atoms with E-state index in [1.807, 2.05) is 0 Å². The molecule has 0 spiro atoms. The van der Waals surface area contributed by atoms with Crippen molar-refractivity contribution in [1.82, 2.24) is 19.2 Å². The molecule has 2 aromatic rings. The van der Waals surface area contributed by atoms with Crippen molar-refractivity contribution in [2.45, 2.75) is 17.7 Å². The van der Waals surface area contributed by atoms with E-state index < -0.39 is 15.9 Å². The van der Waals surface area contributed by atoms with Crippen LogP contribution in [0, 0.1) is 0 Å². The van der Waals surface area contributed by atoms with Gasteiger partial charge in [-0.05, 0) is 31.5 Å². The molecule has 0 aliphatic carbocycles. The number of sulfonamides is 1. The second-order valence-electron chi connectivity index (χ2n) is 7.16. The molecule has 1 amide bonds. The summed E-state index contributed by atoms with van der Waals surface area (Å²) in [7, 11) is -3.71. The minimum absolute atomic E-state index is 0.0500. The molecule has 2 aliphatic rings. The summed E-state index contributed by atoms with van der Waals surface area (Å²) < 4.78 is 26.1. The number of hydrogen-bond acceptors (Lipinski definition) is 8. The lowest BCUT2D eigenvalue weighted by Gasteiger charge is -2.34. The number of amides is 1. The molecule has 1 aromatic heterocycles. The Labute approximate surface area is 169 Å². The highest BCUT2D eigenvalue weighted by Gasteiger charge is 2.40. The van der Waals surface area contributed by atoms with Crippen molar-refractivity contribution >= 4 is 21.9 Å². The minimum atomic E-state index is -3.71. The van der Waals surface area contributed by atoms with Crippen LogP contribution in [0.2, 0.25) is 0 Å². The SMILES string of the molecule is O=C1c2ccccc2S(=O)(=O)N1CCCCN1CCN(c2ncc(O)cn2)CC1. The predicted octanol–water partition coefficient (Wildman–Crippen LogP) is 0.929. The molecule has 0 bridgehead atoms. The normalized spacial score (nSPS) is 18.8. The molecule has 4 rings (SSSR count). The molecule has 154 valence electrons. The highest BCUT2D eigenvalue weighted by molar-refractivity contribution is 7.90. The van der Waals surface area contributed by atoms with E-state index in [0.29, 0.717) is 12.4 Å². The second kappa shape index (κ2) is 7.96. The van der Waals surface area contributed by atoms with Crippen LogP contribution in [0.5, 0.6) is 5.75 Å². The van der Waals surface area contributed by atoms with Gasteiger partial charge in [0.25, 0.3) is 15.9 Å². The second-order valence-corrected chi connectivity index (χ2v) is 8.99. The van der Waals surface area contributed by atoms with Gasteiger partial charge >= 0.3 is 0 Å². The van der Waals surface area contributed by atoms with E-state index >= 15 is 0 Å². The number of carbonyl (C=O) groups excluding carboxylic acids is 1. The van der Waals surface area contributed by atoms with E-state index in [9.17, 15) is 18.3 Å². The molecule has 0 unspecified atom stereocenters. The number of nitrogens with zero attached hydrogens (tertiary/aromatic N) is 5. The van der Waals surface area contributed by atoms with Crippen molar-refractivity contribution in [1.29, 1.82) is 0 Å². The number of rotatable bonds is 6. The first kappa shape index (κ1) is 19.6. The Morgan fingerprint density at radius 1 is 0.966 bits per heavy atom. The van der Waals surface area contributed by atoms with Gasteiger partial charge in [-0.1, -0.05) is 12.1 Å². The molecule has 2 aliphatic heterocycles. The van der Waals surface area contributed by atoms with Crippen LogP contribution in [0.1, 0.15) is 23.2 Å². The fourth-order valence-corrected chi connectivity index (χ4v) is 5.30. The Hall–Kier alpha value is -2.72. The number of benzene rings is 1. The standard InChI is InChI=1S/C19H23N5O4S/c25-15-13-20-19(21-14-15)23-11-9-22(10-12-23)7-3-4-8-24-18(26)16-5-1-2-6-17(16)29(24,27)28/h1-2,5-6,13-14,25H,3-4,7-12H2. The zero-order valence-electron chi connectivity index (χ0n) is 15.9. The average Bonchev–Trinajstić information content (AvgIpc) is 2.93. The highest BCUT2D eigenvalue weighted by atomic mass is 32.2. The van der Waals surface area contributed by atoms with Gasteiger partial charge in [-0.25, -0.2) is 22.7 Å². The smallest absolute Gasteiger partial charge is 0.269 e. The van der Waals surface area contributed by atoms with Crippen LogP contribution in [-0.2, 0) is 10.0 Å². The molecule has 1 N–H and O–H groups in total. The molecule has 1 aromatic carbocycles. The molecule has 29 heavy (non-hydrogen) atoms. The van der Waals surface area contributed by atoms with Crippen LogP contribution in [0.25, 0.3) is 0 Å². The van der Waals surface area contributed by atoms with Crippen molar-refractivity contribution in [3.8, 4) is 5.75 Å². The van der Waals surface area contributed by atoms with Crippen molar-refractivity contribution < 1.29 is 18.3 Å². The molecule has 0 radical (unpaired) electrons. The van der Waals surface area contributed by atoms with E-state index in [1.54, 1.807) is 18.2 Å². The number of aromatic nitrogens is 2. The first-order valence-electron chi connectivity index (χ1n) is 9.61. The van der Waals surface area contributed by atoms with E-state index in [4.69, 9.17) is 0 Å². The Kier molecular flexibility index (Phi) is 5.37. The lowest BCUT2D eigenvalue weighted by molar-refractivity contribution is 0.0868. The summed E-state index contributed by atoms with van der Waals surface area (Å²) in [6, 6.07) is 6.36. The number of fused-ring (bicyclic) bond motifs is 1. The molecular weight excluding hydrogens is 394 g/mol. The number of anilines is 1. The summed E-state index contributed by atoms with van der Waals surface area (Å²) >= 11 is 0. The fraction of sp³-hybridized carbons (Fsp3) is 0.421. The Morgan fingerprint density at radius 3 is 2.31 bits per heavy atom. The van der Waals surface area contributed by atoms with Gasteiger partial charge in [0.15, 0.2) is 5.75 Å².